The molecule has 3 rings (SSSR count). The van der Waals surface area contributed by atoms with Gasteiger partial charge in [0.05, 0.1) is 18.0 Å². The fourth-order valence-electron chi connectivity index (χ4n) is 3.69. The van der Waals surface area contributed by atoms with E-state index >= 15 is 0 Å². The van der Waals surface area contributed by atoms with E-state index in [1.165, 1.54) is 31.4 Å². The number of amides is 1. The normalized spacial score (nSPS) is 18.7. The molecular formula is C26H32N2O7S. The van der Waals surface area contributed by atoms with Crippen molar-refractivity contribution in [3.63, 3.8) is 0 Å². The third-order valence-corrected chi connectivity index (χ3v) is 7.23. The number of sulfonamides is 1. The molecule has 36 heavy (non-hydrogen) atoms. The van der Waals surface area contributed by atoms with Crippen molar-refractivity contribution in [1.29, 1.82) is 0 Å². The molecule has 2 atom stereocenters. The van der Waals surface area contributed by atoms with Gasteiger partial charge in [-0.2, -0.15) is 4.31 Å². The fraction of sp³-hybridized carbons (Fsp3) is 0.385. The minimum Gasteiger partial charge on any atom is -0.497 e. The lowest BCUT2D eigenvalue weighted by molar-refractivity contribution is -0.160. The van der Waals surface area contributed by atoms with E-state index < -0.39 is 39.8 Å². The standard InChI is InChI=1S/C26H32N2O7S/c1-26(2,3)35-24(29)23-22(27-25(30)34-18-19-10-6-5-7-11-19)12-8-9-17-28(23)36(31,32)21-15-13-20(33-4)14-16-21/h5-11,13-16,22-23H,12,17-18H2,1-4H3,(H,27,30). The van der Waals surface area contributed by atoms with Gasteiger partial charge in [0.2, 0.25) is 10.0 Å². The maximum absolute atomic E-state index is 13.7. The molecule has 2 unspecified atom stereocenters. The van der Waals surface area contributed by atoms with Crippen molar-refractivity contribution < 1.29 is 32.2 Å². The third-order valence-electron chi connectivity index (χ3n) is 5.36. The molecule has 0 fully saturated rings. The number of alkyl carbamates (subject to hydrolysis) is 1. The molecule has 0 aliphatic carbocycles. The summed E-state index contributed by atoms with van der Waals surface area (Å²) in [7, 11) is -2.67. The molecule has 0 saturated heterocycles. The summed E-state index contributed by atoms with van der Waals surface area (Å²) in [5.74, 6) is -0.272. The van der Waals surface area contributed by atoms with Gasteiger partial charge in [-0.3, -0.25) is 4.79 Å². The summed E-state index contributed by atoms with van der Waals surface area (Å²) in [5, 5.41) is 2.68. The summed E-state index contributed by atoms with van der Waals surface area (Å²) in [6.45, 7) is 5.03. The zero-order chi connectivity index (χ0) is 26.3. The number of benzene rings is 2. The van der Waals surface area contributed by atoms with Crippen LogP contribution < -0.4 is 10.1 Å². The fourth-order valence-corrected chi connectivity index (χ4v) is 5.26. The van der Waals surface area contributed by atoms with E-state index in [4.69, 9.17) is 14.2 Å². The molecule has 0 radical (unpaired) electrons. The monoisotopic (exact) mass is 516 g/mol. The van der Waals surface area contributed by atoms with Crippen LogP contribution in [-0.4, -0.2) is 56.1 Å². The first-order chi connectivity index (χ1) is 17.0. The third kappa shape index (κ3) is 7.08. The van der Waals surface area contributed by atoms with Gasteiger partial charge in [0.1, 0.15) is 24.0 Å². The SMILES string of the molecule is COc1ccc(S(=O)(=O)N2CC=CCC(NC(=O)OCc3ccccc3)C2C(=O)OC(C)(C)C)cc1. The number of carbonyl (C=O) groups is 2. The highest BCUT2D eigenvalue weighted by atomic mass is 32.2. The number of ether oxygens (including phenoxy) is 3. The summed E-state index contributed by atoms with van der Waals surface area (Å²) < 4.78 is 44.4. The minimum atomic E-state index is -4.15. The Balaban J connectivity index is 1.90. The Hall–Kier alpha value is -3.37. The average Bonchev–Trinajstić information content (AvgIpc) is 3.05. The highest BCUT2D eigenvalue weighted by Crippen LogP contribution is 2.26. The molecular weight excluding hydrogens is 484 g/mol. The van der Waals surface area contributed by atoms with Crippen molar-refractivity contribution in [1.82, 2.24) is 9.62 Å². The molecule has 0 spiro atoms. The van der Waals surface area contributed by atoms with Crippen molar-refractivity contribution in [2.75, 3.05) is 13.7 Å². The van der Waals surface area contributed by atoms with Gasteiger partial charge in [-0.25, -0.2) is 13.2 Å². The van der Waals surface area contributed by atoms with Crippen molar-refractivity contribution in [3.05, 3.63) is 72.3 Å². The number of hydrogen-bond acceptors (Lipinski definition) is 7. The lowest BCUT2D eigenvalue weighted by atomic mass is 10.1. The van der Waals surface area contributed by atoms with Gasteiger partial charge in [0.25, 0.3) is 0 Å². The zero-order valence-corrected chi connectivity index (χ0v) is 21.7. The van der Waals surface area contributed by atoms with Crippen LogP contribution in [0, 0.1) is 0 Å². The van der Waals surface area contributed by atoms with Crippen LogP contribution in [0.1, 0.15) is 32.8 Å². The molecule has 1 N–H and O–H groups in total. The quantitative estimate of drug-likeness (QED) is 0.442. The highest BCUT2D eigenvalue weighted by Gasteiger charge is 2.44. The molecule has 1 heterocycles. The molecule has 1 aliphatic rings. The molecule has 1 aliphatic heterocycles. The van der Waals surface area contributed by atoms with Gasteiger partial charge in [0, 0.05) is 6.54 Å². The number of esters is 1. The number of nitrogens with one attached hydrogen (secondary N) is 1. The van der Waals surface area contributed by atoms with Crippen molar-refractivity contribution >= 4 is 22.1 Å². The average molecular weight is 517 g/mol. The molecule has 10 heteroatoms. The minimum absolute atomic E-state index is 0.0161. The summed E-state index contributed by atoms with van der Waals surface area (Å²) >= 11 is 0. The van der Waals surface area contributed by atoms with Gasteiger partial charge in [-0.05, 0) is 57.0 Å². The van der Waals surface area contributed by atoms with E-state index in [9.17, 15) is 18.0 Å². The van der Waals surface area contributed by atoms with Gasteiger partial charge in [0.15, 0.2) is 0 Å². The Kier molecular flexibility index (Phi) is 8.75. The highest BCUT2D eigenvalue weighted by molar-refractivity contribution is 7.89. The largest absolute Gasteiger partial charge is 0.497 e. The second-order valence-corrected chi connectivity index (χ2v) is 11.1. The summed E-state index contributed by atoms with van der Waals surface area (Å²) in [4.78, 5) is 26.0. The Morgan fingerprint density at radius 2 is 1.69 bits per heavy atom. The first-order valence-electron chi connectivity index (χ1n) is 11.5. The first-order valence-corrected chi connectivity index (χ1v) is 13.0. The van der Waals surface area contributed by atoms with Crippen LogP contribution in [0.2, 0.25) is 0 Å². The van der Waals surface area contributed by atoms with Crippen molar-refractivity contribution in [2.45, 2.75) is 56.4 Å². The van der Waals surface area contributed by atoms with Crippen LogP contribution in [-0.2, 0) is 30.9 Å². The molecule has 2 aromatic rings. The Morgan fingerprint density at radius 3 is 2.31 bits per heavy atom. The molecule has 0 aromatic heterocycles. The van der Waals surface area contributed by atoms with Crippen LogP contribution in [0.3, 0.4) is 0 Å². The number of hydrogen-bond donors (Lipinski definition) is 1. The predicted octanol–water partition coefficient (Wildman–Crippen LogP) is 3.65. The van der Waals surface area contributed by atoms with Gasteiger partial charge < -0.3 is 19.5 Å². The van der Waals surface area contributed by atoms with Crippen LogP contribution in [0.25, 0.3) is 0 Å². The smallest absolute Gasteiger partial charge is 0.407 e. The van der Waals surface area contributed by atoms with Crippen LogP contribution >= 0.6 is 0 Å². The van der Waals surface area contributed by atoms with E-state index in [1.807, 2.05) is 30.3 Å². The number of carbonyl (C=O) groups excluding carboxylic acids is 2. The topological polar surface area (TPSA) is 111 Å². The van der Waals surface area contributed by atoms with Gasteiger partial charge >= 0.3 is 12.1 Å². The maximum atomic E-state index is 13.7. The van der Waals surface area contributed by atoms with Crippen molar-refractivity contribution in [2.24, 2.45) is 0 Å². The maximum Gasteiger partial charge on any atom is 0.407 e. The Morgan fingerprint density at radius 1 is 1.03 bits per heavy atom. The second kappa shape index (κ2) is 11.6. The summed E-state index contributed by atoms with van der Waals surface area (Å²) in [6, 6.07) is 12.8. The number of rotatable bonds is 7. The molecule has 2 aromatic carbocycles. The lowest BCUT2D eigenvalue weighted by Crippen LogP contribution is -2.57. The van der Waals surface area contributed by atoms with Crippen LogP contribution in [0.4, 0.5) is 4.79 Å². The number of methoxy groups -OCH3 is 1. The van der Waals surface area contributed by atoms with Crippen molar-refractivity contribution in [3.8, 4) is 5.75 Å². The van der Waals surface area contributed by atoms with Crippen LogP contribution in [0.15, 0.2) is 71.6 Å². The lowest BCUT2D eigenvalue weighted by Gasteiger charge is -2.34. The zero-order valence-electron chi connectivity index (χ0n) is 20.8. The van der Waals surface area contributed by atoms with Gasteiger partial charge in [-0.1, -0.05) is 42.5 Å². The Bertz CT molecular complexity index is 1170. The first kappa shape index (κ1) is 27.2. The molecule has 1 amide bonds. The summed E-state index contributed by atoms with van der Waals surface area (Å²) in [5.41, 5.74) is -0.0779. The molecule has 0 saturated carbocycles. The van der Waals surface area contributed by atoms with Gasteiger partial charge in [-0.15, -0.1) is 0 Å². The van der Waals surface area contributed by atoms with Crippen LogP contribution in [0.5, 0.6) is 5.75 Å². The number of nitrogens with zero attached hydrogens (tertiary/aromatic N) is 1. The van der Waals surface area contributed by atoms with E-state index in [1.54, 1.807) is 32.9 Å². The second-order valence-electron chi connectivity index (χ2n) is 9.25. The molecule has 9 nitrogen and oxygen atoms in total. The van der Waals surface area contributed by atoms with E-state index in [-0.39, 0.29) is 24.5 Å². The summed E-state index contributed by atoms with van der Waals surface area (Å²) in [6.07, 6.45) is 2.81. The predicted molar refractivity (Wildman–Crippen MR) is 134 cm³/mol. The molecule has 194 valence electrons. The van der Waals surface area contributed by atoms with E-state index in [0.717, 1.165) is 9.87 Å². The van der Waals surface area contributed by atoms with E-state index in [0.29, 0.717) is 5.75 Å². The van der Waals surface area contributed by atoms with E-state index in [2.05, 4.69) is 5.32 Å². The molecule has 0 bridgehead atoms. The Labute approximate surface area is 212 Å².